The van der Waals surface area contributed by atoms with Crippen LogP contribution in [0.4, 0.5) is 0 Å². The van der Waals surface area contributed by atoms with Crippen molar-refractivity contribution in [2.75, 3.05) is 0 Å². The van der Waals surface area contributed by atoms with Crippen molar-refractivity contribution in [3.8, 4) is 0 Å². The van der Waals surface area contributed by atoms with Crippen molar-refractivity contribution in [1.82, 2.24) is 0 Å². The molecule has 0 radical (unpaired) electrons. The Kier molecular flexibility index (Phi) is 0.936. The lowest BCUT2D eigenvalue weighted by atomic mass is 9.88. The molecule has 6 rings (SSSR count). The molecule has 0 aromatic rings. The van der Waals surface area contributed by atoms with E-state index in [2.05, 4.69) is 0 Å². The van der Waals surface area contributed by atoms with Gasteiger partial charge in [-0.25, -0.2) is 0 Å². The van der Waals surface area contributed by atoms with Crippen molar-refractivity contribution in [3.05, 3.63) is 0 Å². The molecule has 15 heavy (non-hydrogen) atoms. The van der Waals surface area contributed by atoms with Crippen LogP contribution in [0.25, 0.3) is 0 Å². The van der Waals surface area contributed by atoms with Gasteiger partial charge in [0.05, 0.1) is 12.2 Å². The Morgan fingerprint density at radius 2 is 1.00 bits per heavy atom. The normalized spacial score (nSPS) is 80.0. The maximum absolute atomic E-state index is 6.36. The van der Waals surface area contributed by atoms with E-state index in [0.29, 0.717) is 0 Å². The van der Waals surface area contributed by atoms with Crippen molar-refractivity contribution in [2.45, 2.75) is 37.9 Å². The highest BCUT2D eigenvalue weighted by Crippen LogP contribution is 2.77. The quantitative estimate of drug-likeness (QED) is 0.585. The van der Waals surface area contributed by atoms with E-state index in [1.54, 1.807) is 12.8 Å². The number of ether oxygens (including phenoxy) is 1. The summed E-state index contributed by atoms with van der Waals surface area (Å²) in [6, 6.07) is 0. The number of hydrogen-bond acceptors (Lipinski definition) is 1. The van der Waals surface area contributed by atoms with Gasteiger partial charge < -0.3 is 4.74 Å². The molecule has 1 heterocycles. The molecule has 6 fully saturated rings. The summed E-state index contributed by atoms with van der Waals surface area (Å²) in [7, 11) is 0. The molecule has 0 bridgehead atoms. The van der Waals surface area contributed by atoms with Crippen LogP contribution < -0.4 is 0 Å². The highest BCUT2D eigenvalue weighted by atomic mass is 16.5. The summed E-state index contributed by atoms with van der Waals surface area (Å²) in [4.78, 5) is 0. The summed E-state index contributed by atoms with van der Waals surface area (Å²) in [5.41, 5.74) is 0. The molecule has 0 aromatic carbocycles. The largest absolute Gasteiger partial charge is 0.374 e. The van der Waals surface area contributed by atoms with Gasteiger partial charge in [0.2, 0.25) is 0 Å². The first-order valence-corrected chi connectivity index (χ1v) is 7.07. The summed E-state index contributed by atoms with van der Waals surface area (Å²) < 4.78 is 6.36. The first-order valence-electron chi connectivity index (χ1n) is 7.07. The van der Waals surface area contributed by atoms with Gasteiger partial charge in [-0.05, 0) is 73.0 Å². The zero-order chi connectivity index (χ0) is 9.31. The molecule has 1 nitrogen and oxygen atoms in total. The van der Waals surface area contributed by atoms with E-state index in [1.807, 2.05) is 0 Å². The third-order valence-electron chi connectivity index (χ3n) is 7.34. The Balaban J connectivity index is 1.65. The van der Waals surface area contributed by atoms with Gasteiger partial charge in [0.15, 0.2) is 0 Å². The standard InChI is InChI=1S/C14H18O/c1-5-2-7-4-9-14-12(7)10(5)11-6(1)3-8(15-9)13(11)14/h5-14H,1-4H2/t5?,6-,7-,8-,9+,10?,11-,12+,13-,14+/m1/s1. The zero-order valence-corrected chi connectivity index (χ0v) is 9.01. The minimum absolute atomic E-state index is 0.725. The molecule has 0 amide bonds. The fourth-order valence-electron chi connectivity index (χ4n) is 7.60. The molecular weight excluding hydrogens is 184 g/mol. The summed E-state index contributed by atoms with van der Waals surface area (Å²) >= 11 is 0. The van der Waals surface area contributed by atoms with Crippen LogP contribution in [0.1, 0.15) is 25.7 Å². The van der Waals surface area contributed by atoms with Gasteiger partial charge in [0.25, 0.3) is 0 Å². The van der Waals surface area contributed by atoms with E-state index in [4.69, 9.17) is 4.74 Å². The molecule has 2 unspecified atom stereocenters. The summed E-state index contributed by atoms with van der Waals surface area (Å²) in [5, 5.41) is 0. The van der Waals surface area contributed by atoms with Crippen LogP contribution in [-0.2, 0) is 4.74 Å². The van der Waals surface area contributed by atoms with Crippen LogP contribution in [0.3, 0.4) is 0 Å². The fourth-order valence-corrected chi connectivity index (χ4v) is 7.60. The van der Waals surface area contributed by atoms with Crippen LogP contribution in [0.5, 0.6) is 0 Å². The van der Waals surface area contributed by atoms with Crippen molar-refractivity contribution in [2.24, 2.45) is 47.3 Å². The molecule has 0 spiro atoms. The Labute approximate surface area is 90.6 Å². The highest BCUT2D eigenvalue weighted by Gasteiger charge is 2.75. The van der Waals surface area contributed by atoms with Crippen molar-refractivity contribution in [1.29, 1.82) is 0 Å². The molecule has 0 N–H and O–H groups in total. The maximum Gasteiger partial charge on any atom is 0.0616 e. The zero-order valence-electron chi connectivity index (χ0n) is 9.01. The molecular formula is C14H18O. The lowest BCUT2D eigenvalue weighted by molar-refractivity contribution is 0.0230. The van der Waals surface area contributed by atoms with Crippen molar-refractivity contribution < 1.29 is 4.74 Å². The van der Waals surface area contributed by atoms with Crippen LogP contribution in [-0.4, -0.2) is 12.2 Å². The lowest BCUT2D eigenvalue weighted by Crippen LogP contribution is -2.16. The second-order valence-corrected chi connectivity index (χ2v) is 7.32. The Morgan fingerprint density at radius 1 is 0.533 bits per heavy atom. The Bertz CT molecular complexity index is 263. The molecule has 1 saturated heterocycles. The van der Waals surface area contributed by atoms with E-state index in [9.17, 15) is 0 Å². The van der Waals surface area contributed by atoms with E-state index >= 15 is 0 Å². The minimum atomic E-state index is 0.725. The van der Waals surface area contributed by atoms with E-state index in [0.717, 1.165) is 47.7 Å². The summed E-state index contributed by atoms with van der Waals surface area (Å²) in [6.45, 7) is 0. The summed E-state index contributed by atoms with van der Waals surface area (Å²) in [6.07, 6.45) is 7.54. The van der Waals surface area contributed by atoms with Crippen molar-refractivity contribution in [3.63, 3.8) is 0 Å². The van der Waals surface area contributed by atoms with Crippen LogP contribution in [0.15, 0.2) is 0 Å². The smallest absolute Gasteiger partial charge is 0.0616 e. The Hall–Kier alpha value is -0.0400. The first-order chi connectivity index (χ1) is 7.42. The monoisotopic (exact) mass is 202 g/mol. The van der Waals surface area contributed by atoms with Crippen LogP contribution >= 0.6 is 0 Å². The average molecular weight is 202 g/mol. The molecule has 80 valence electrons. The van der Waals surface area contributed by atoms with E-state index < -0.39 is 0 Å². The lowest BCUT2D eigenvalue weighted by Gasteiger charge is -2.18. The molecule has 0 aromatic heterocycles. The molecule has 1 heteroatoms. The fraction of sp³-hybridized carbons (Fsp3) is 1.00. The van der Waals surface area contributed by atoms with Crippen LogP contribution in [0, 0.1) is 47.3 Å². The van der Waals surface area contributed by atoms with Gasteiger partial charge >= 0.3 is 0 Å². The SMILES string of the molecule is C1C2C[C@@H]3C[C@H]4O[C@H]5C[C@@H]1[C@H]1C2[C@@H]3[C@@H]4[C@H]15. The number of rotatable bonds is 0. The Morgan fingerprint density at radius 3 is 1.60 bits per heavy atom. The van der Waals surface area contributed by atoms with Gasteiger partial charge in [-0.3, -0.25) is 0 Å². The van der Waals surface area contributed by atoms with E-state index in [-0.39, 0.29) is 0 Å². The third-order valence-corrected chi connectivity index (χ3v) is 7.34. The molecule has 5 aliphatic carbocycles. The van der Waals surface area contributed by atoms with Crippen molar-refractivity contribution >= 4 is 0 Å². The highest BCUT2D eigenvalue weighted by molar-refractivity contribution is 5.22. The maximum atomic E-state index is 6.36. The molecule has 1 aliphatic heterocycles. The summed E-state index contributed by atoms with van der Waals surface area (Å²) in [5.74, 6) is 8.94. The first kappa shape index (κ1) is 7.32. The third kappa shape index (κ3) is 0.555. The van der Waals surface area contributed by atoms with Gasteiger partial charge in [0, 0.05) is 0 Å². The molecule has 5 saturated carbocycles. The minimum Gasteiger partial charge on any atom is -0.374 e. The predicted octanol–water partition coefficient (Wildman–Crippen LogP) is 2.31. The molecule has 10 atom stereocenters. The number of hydrogen-bond donors (Lipinski definition) is 0. The topological polar surface area (TPSA) is 9.23 Å². The van der Waals surface area contributed by atoms with Gasteiger partial charge in [-0.15, -0.1) is 0 Å². The second-order valence-electron chi connectivity index (χ2n) is 7.32. The van der Waals surface area contributed by atoms with Gasteiger partial charge in [-0.2, -0.15) is 0 Å². The second kappa shape index (κ2) is 1.92. The predicted molar refractivity (Wildman–Crippen MR) is 55.0 cm³/mol. The average Bonchev–Trinajstić information content (AvgIpc) is 2.85. The van der Waals surface area contributed by atoms with Gasteiger partial charge in [-0.1, -0.05) is 0 Å². The molecule has 6 aliphatic rings. The van der Waals surface area contributed by atoms with Crippen LogP contribution in [0.2, 0.25) is 0 Å². The van der Waals surface area contributed by atoms with Gasteiger partial charge in [0.1, 0.15) is 0 Å². The van der Waals surface area contributed by atoms with E-state index in [1.165, 1.54) is 24.7 Å².